The molecule has 0 spiro atoms. The van der Waals surface area contributed by atoms with Gasteiger partial charge in [-0.1, -0.05) is 0 Å². The van der Waals surface area contributed by atoms with Crippen molar-refractivity contribution in [1.82, 2.24) is 4.90 Å². The van der Waals surface area contributed by atoms with E-state index in [0.717, 1.165) is 25.9 Å². The number of aliphatic hydroxyl groups excluding tert-OH is 1. The number of hydrogen-bond donors (Lipinski definition) is 2. The van der Waals surface area contributed by atoms with E-state index in [0.29, 0.717) is 12.5 Å². The van der Waals surface area contributed by atoms with Crippen molar-refractivity contribution in [2.24, 2.45) is 11.7 Å². The van der Waals surface area contributed by atoms with Crippen LogP contribution in [-0.4, -0.2) is 61.7 Å². The van der Waals surface area contributed by atoms with Gasteiger partial charge in [-0.3, -0.25) is 4.90 Å². The maximum absolute atomic E-state index is 11.4. The van der Waals surface area contributed by atoms with Crippen molar-refractivity contribution < 1.29 is 13.5 Å². The fourth-order valence-electron chi connectivity index (χ4n) is 2.68. The van der Waals surface area contributed by atoms with E-state index in [1.807, 2.05) is 0 Å². The molecule has 2 aliphatic heterocycles. The molecule has 0 aliphatic carbocycles. The standard InChI is InChI=1S/C10H20N2O3S/c11-5-8-1-3-12(4-2-8)9-6-16(14,15)7-10(9)13/h8-10,13H,1-7,11H2. The number of likely N-dealkylation sites (tertiary alicyclic amines) is 1. The molecule has 0 amide bonds. The highest BCUT2D eigenvalue weighted by Gasteiger charge is 2.40. The van der Waals surface area contributed by atoms with Crippen molar-refractivity contribution in [3.8, 4) is 0 Å². The van der Waals surface area contributed by atoms with Crippen LogP contribution >= 0.6 is 0 Å². The van der Waals surface area contributed by atoms with E-state index in [9.17, 15) is 13.5 Å². The van der Waals surface area contributed by atoms with Crippen LogP contribution in [0.2, 0.25) is 0 Å². The summed E-state index contributed by atoms with van der Waals surface area (Å²) in [6.07, 6.45) is 1.32. The Kier molecular flexibility index (Phi) is 3.53. The predicted octanol–water partition coefficient (Wildman–Crippen LogP) is -1.18. The van der Waals surface area contributed by atoms with Gasteiger partial charge in [0.25, 0.3) is 0 Å². The molecule has 0 radical (unpaired) electrons. The molecule has 5 nitrogen and oxygen atoms in total. The van der Waals surface area contributed by atoms with Gasteiger partial charge < -0.3 is 10.8 Å². The number of nitrogens with zero attached hydrogens (tertiary/aromatic N) is 1. The average molecular weight is 248 g/mol. The van der Waals surface area contributed by atoms with E-state index >= 15 is 0 Å². The molecular weight excluding hydrogens is 228 g/mol. The minimum absolute atomic E-state index is 0.0749. The van der Waals surface area contributed by atoms with Crippen molar-refractivity contribution in [3.05, 3.63) is 0 Å². The molecule has 0 aromatic heterocycles. The molecule has 2 fully saturated rings. The molecule has 2 heterocycles. The smallest absolute Gasteiger partial charge is 0.154 e. The molecule has 2 rings (SSSR count). The number of nitrogens with two attached hydrogens (primary N) is 1. The minimum atomic E-state index is -3.03. The molecule has 0 bridgehead atoms. The Morgan fingerprint density at radius 1 is 1.25 bits per heavy atom. The lowest BCUT2D eigenvalue weighted by molar-refractivity contribution is 0.0598. The first-order valence-electron chi connectivity index (χ1n) is 5.84. The second-order valence-corrected chi connectivity index (χ2v) is 7.08. The van der Waals surface area contributed by atoms with Gasteiger partial charge >= 0.3 is 0 Å². The van der Waals surface area contributed by atoms with Gasteiger partial charge in [0.15, 0.2) is 9.84 Å². The maximum atomic E-state index is 11.4. The van der Waals surface area contributed by atoms with Crippen molar-refractivity contribution >= 4 is 9.84 Å². The summed E-state index contributed by atoms with van der Waals surface area (Å²) in [5.41, 5.74) is 5.61. The summed E-state index contributed by atoms with van der Waals surface area (Å²) in [6.45, 7) is 2.43. The van der Waals surface area contributed by atoms with Crippen LogP contribution in [0, 0.1) is 5.92 Å². The van der Waals surface area contributed by atoms with E-state index in [-0.39, 0.29) is 17.5 Å². The Hall–Kier alpha value is -0.170. The summed E-state index contributed by atoms with van der Waals surface area (Å²) < 4.78 is 22.8. The van der Waals surface area contributed by atoms with Crippen molar-refractivity contribution in [2.45, 2.75) is 25.0 Å². The van der Waals surface area contributed by atoms with Crippen LogP contribution in [-0.2, 0) is 9.84 Å². The van der Waals surface area contributed by atoms with Gasteiger partial charge in [0, 0.05) is 0 Å². The Balaban J connectivity index is 1.95. The van der Waals surface area contributed by atoms with Gasteiger partial charge in [0.05, 0.1) is 23.7 Å². The third kappa shape index (κ3) is 2.56. The molecular formula is C10H20N2O3S. The van der Waals surface area contributed by atoms with E-state index in [1.165, 1.54) is 0 Å². The first-order valence-corrected chi connectivity index (χ1v) is 7.66. The van der Waals surface area contributed by atoms with Gasteiger partial charge in [0.2, 0.25) is 0 Å². The van der Waals surface area contributed by atoms with Crippen molar-refractivity contribution in [1.29, 1.82) is 0 Å². The molecule has 2 aliphatic rings. The lowest BCUT2D eigenvalue weighted by Gasteiger charge is -2.36. The summed E-state index contributed by atoms with van der Waals surface area (Å²) in [5, 5.41) is 9.75. The SMILES string of the molecule is NCC1CCN(C2CS(=O)(=O)CC2O)CC1. The van der Waals surface area contributed by atoms with Gasteiger partial charge in [-0.2, -0.15) is 0 Å². The third-order valence-electron chi connectivity index (χ3n) is 3.75. The second-order valence-electron chi connectivity index (χ2n) is 4.93. The minimum Gasteiger partial charge on any atom is -0.390 e. The number of sulfone groups is 1. The molecule has 2 atom stereocenters. The lowest BCUT2D eigenvalue weighted by atomic mass is 9.95. The Morgan fingerprint density at radius 2 is 1.88 bits per heavy atom. The molecule has 16 heavy (non-hydrogen) atoms. The van der Waals surface area contributed by atoms with Crippen LogP contribution in [0.3, 0.4) is 0 Å². The van der Waals surface area contributed by atoms with Crippen molar-refractivity contribution in [3.63, 3.8) is 0 Å². The number of aliphatic hydroxyl groups is 1. The molecule has 2 saturated heterocycles. The first kappa shape index (κ1) is 12.3. The molecule has 0 saturated carbocycles. The largest absolute Gasteiger partial charge is 0.390 e. The van der Waals surface area contributed by atoms with Gasteiger partial charge in [-0.15, -0.1) is 0 Å². The fourth-order valence-corrected chi connectivity index (χ4v) is 4.51. The van der Waals surface area contributed by atoms with Gasteiger partial charge in [0.1, 0.15) is 0 Å². The van der Waals surface area contributed by atoms with E-state index in [1.54, 1.807) is 0 Å². The number of piperidine rings is 1. The summed E-state index contributed by atoms with van der Waals surface area (Å²) in [4.78, 5) is 2.11. The van der Waals surface area contributed by atoms with Crippen molar-refractivity contribution in [2.75, 3.05) is 31.1 Å². The zero-order valence-corrected chi connectivity index (χ0v) is 10.2. The van der Waals surface area contributed by atoms with E-state index in [2.05, 4.69) is 4.90 Å². The second kappa shape index (κ2) is 4.60. The lowest BCUT2D eigenvalue weighted by Crippen LogP contribution is -2.47. The molecule has 2 unspecified atom stereocenters. The fraction of sp³-hybridized carbons (Fsp3) is 1.00. The first-order chi connectivity index (χ1) is 7.52. The third-order valence-corrected chi connectivity index (χ3v) is 5.44. The maximum Gasteiger partial charge on any atom is 0.154 e. The zero-order chi connectivity index (χ0) is 11.8. The summed E-state index contributed by atoms with van der Waals surface area (Å²) >= 11 is 0. The van der Waals surface area contributed by atoms with Crippen LogP contribution in [0.5, 0.6) is 0 Å². The van der Waals surface area contributed by atoms with Crippen LogP contribution in [0.15, 0.2) is 0 Å². The quantitative estimate of drug-likeness (QED) is 0.642. The summed E-state index contributed by atoms with van der Waals surface area (Å²) in [6, 6.07) is -0.191. The van der Waals surface area contributed by atoms with Crippen LogP contribution in [0.1, 0.15) is 12.8 Å². The van der Waals surface area contributed by atoms with E-state index < -0.39 is 15.9 Å². The number of hydrogen-bond acceptors (Lipinski definition) is 5. The predicted molar refractivity (Wildman–Crippen MR) is 61.8 cm³/mol. The molecule has 6 heteroatoms. The highest BCUT2D eigenvalue weighted by molar-refractivity contribution is 7.91. The summed E-state index contributed by atoms with van der Waals surface area (Å²) in [7, 11) is -3.03. The average Bonchev–Trinajstić information content (AvgIpc) is 2.52. The van der Waals surface area contributed by atoms with Gasteiger partial charge in [-0.25, -0.2) is 8.42 Å². The normalized spacial score (nSPS) is 36.6. The van der Waals surface area contributed by atoms with Crippen LogP contribution in [0.25, 0.3) is 0 Å². The molecule has 3 N–H and O–H groups in total. The molecule has 0 aromatic rings. The summed E-state index contributed by atoms with van der Waals surface area (Å²) in [5.74, 6) is 0.599. The highest BCUT2D eigenvalue weighted by Crippen LogP contribution is 2.24. The number of rotatable bonds is 2. The highest BCUT2D eigenvalue weighted by atomic mass is 32.2. The topological polar surface area (TPSA) is 83.6 Å². The monoisotopic (exact) mass is 248 g/mol. The molecule has 94 valence electrons. The molecule has 0 aromatic carbocycles. The van der Waals surface area contributed by atoms with Crippen LogP contribution < -0.4 is 5.73 Å². The Morgan fingerprint density at radius 3 is 2.31 bits per heavy atom. The van der Waals surface area contributed by atoms with E-state index in [4.69, 9.17) is 5.73 Å². The zero-order valence-electron chi connectivity index (χ0n) is 9.38. The Labute approximate surface area is 96.5 Å². The Bertz CT molecular complexity index is 336. The van der Waals surface area contributed by atoms with Crippen LogP contribution in [0.4, 0.5) is 0 Å². The van der Waals surface area contributed by atoms with Gasteiger partial charge in [-0.05, 0) is 38.4 Å².